The lowest BCUT2D eigenvalue weighted by Crippen LogP contribution is -2.15. The number of nitrogens with one attached hydrogen (secondary N) is 2. The molecule has 0 aliphatic rings. The number of hydrogen-bond acceptors (Lipinski definition) is 5. The van der Waals surface area contributed by atoms with Crippen LogP contribution in [0.25, 0.3) is 11.1 Å². The van der Waals surface area contributed by atoms with Gasteiger partial charge in [-0.1, -0.05) is 40.2 Å². The Balaban J connectivity index is 0.000000696. The summed E-state index contributed by atoms with van der Waals surface area (Å²) in [4.78, 5) is 24.5. The molecule has 1 amide bonds. The van der Waals surface area contributed by atoms with Crippen LogP contribution in [0.15, 0.2) is 71.2 Å². The van der Waals surface area contributed by atoms with Crippen molar-refractivity contribution in [2.75, 3.05) is 11.6 Å². The van der Waals surface area contributed by atoms with Crippen LogP contribution in [0.3, 0.4) is 0 Å². The van der Waals surface area contributed by atoms with Gasteiger partial charge in [-0.2, -0.15) is 8.42 Å². The van der Waals surface area contributed by atoms with Gasteiger partial charge in [-0.25, -0.2) is 4.79 Å². The maximum atomic E-state index is 12.9. The van der Waals surface area contributed by atoms with Gasteiger partial charge in [0.2, 0.25) is 0 Å². The highest BCUT2D eigenvalue weighted by molar-refractivity contribution is 9.10. The summed E-state index contributed by atoms with van der Waals surface area (Å²) < 4.78 is 26.6. The van der Waals surface area contributed by atoms with Crippen LogP contribution in [0.1, 0.15) is 26.3 Å². The van der Waals surface area contributed by atoms with E-state index < -0.39 is 16.1 Å². The summed E-state index contributed by atoms with van der Waals surface area (Å²) in [7, 11) is -3.67. The molecule has 0 fully saturated rings. The predicted octanol–water partition coefficient (Wildman–Crippen LogP) is 3.85. The number of rotatable bonds is 5. The van der Waals surface area contributed by atoms with E-state index in [1.165, 1.54) is 6.07 Å². The van der Waals surface area contributed by atoms with Gasteiger partial charge in [0.15, 0.2) is 0 Å². The van der Waals surface area contributed by atoms with Crippen LogP contribution in [-0.4, -0.2) is 42.0 Å². The minimum absolute atomic E-state index is 0.0579. The summed E-state index contributed by atoms with van der Waals surface area (Å²) in [6.45, 7) is 0. The largest absolute Gasteiger partial charge is 0.478 e. The molecular weight excluding hydrogens is 514 g/mol. The molecule has 0 bridgehead atoms. The Bertz CT molecular complexity index is 1300. The first-order chi connectivity index (χ1) is 15.4. The van der Waals surface area contributed by atoms with Crippen LogP contribution in [0, 0.1) is 5.41 Å². The van der Waals surface area contributed by atoms with Crippen molar-refractivity contribution in [2.45, 2.75) is 0 Å². The molecule has 0 atom stereocenters. The van der Waals surface area contributed by atoms with E-state index in [0.717, 1.165) is 0 Å². The Morgan fingerprint density at radius 3 is 2.06 bits per heavy atom. The van der Waals surface area contributed by atoms with Crippen LogP contribution in [-0.2, 0) is 10.1 Å². The van der Waals surface area contributed by atoms with Gasteiger partial charge in [0, 0.05) is 21.3 Å². The predicted molar refractivity (Wildman–Crippen MR) is 129 cm³/mol. The van der Waals surface area contributed by atoms with Crippen molar-refractivity contribution in [3.8, 4) is 11.1 Å². The Morgan fingerprint density at radius 1 is 0.970 bits per heavy atom. The van der Waals surface area contributed by atoms with E-state index in [1.807, 2.05) is 0 Å². The van der Waals surface area contributed by atoms with Crippen LogP contribution in [0.5, 0.6) is 0 Å². The fraction of sp³-hybridized carbons (Fsp3) is 0.0455. The Hall–Kier alpha value is -3.54. The Labute approximate surface area is 198 Å². The first-order valence-electron chi connectivity index (χ1n) is 9.17. The maximum absolute atomic E-state index is 12.9. The molecule has 33 heavy (non-hydrogen) atoms. The van der Waals surface area contributed by atoms with Crippen molar-refractivity contribution >= 4 is 49.4 Å². The lowest BCUT2D eigenvalue weighted by Gasteiger charge is -2.13. The molecule has 0 aliphatic carbocycles. The fourth-order valence-corrected chi connectivity index (χ4v) is 3.14. The van der Waals surface area contributed by atoms with Gasteiger partial charge in [-0.15, -0.1) is 0 Å². The highest BCUT2D eigenvalue weighted by Crippen LogP contribution is 2.30. The normalized spacial score (nSPS) is 10.5. The van der Waals surface area contributed by atoms with Gasteiger partial charge in [0.1, 0.15) is 5.84 Å². The molecule has 3 aromatic rings. The fourth-order valence-electron chi connectivity index (χ4n) is 2.78. The molecule has 11 heteroatoms. The number of nitrogens with two attached hydrogens (primary N) is 1. The molecule has 6 N–H and O–H groups in total. The molecule has 0 aromatic heterocycles. The number of carboxylic acid groups (broad SMARTS) is 1. The third-order valence-corrected chi connectivity index (χ3v) is 4.62. The van der Waals surface area contributed by atoms with Crippen molar-refractivity contribution in [1.82, 2.24) is 0 Å². The molecule has 0 heterocycles. The van der Waals surface area contributed by atoms with E-state index in [4.69, 9.17) is 15.7 Å². The van der Waals surface area contributed by atoms with E-state index in [0.29, 0.717) is 38.7 Å². The van der Waals surface area contributed by atoms with E-state index in [2.05, 4.69) is 21.2 Å². The topological polar surface area (TPSA) is 171 Å². The van der Waals surface area contributed by atoms with Crippen molar-refractivity contribution in [2.24, 2.45) is 5.73 Å². The Morgan fingerprint density at radius 2 is 1.52 bits per heavy atom. The van der Waals surface area contributed by atoms with Gasteiger partial charge in [-0.05, 0) is 53.6 Å². The second-order valence-corrected chi connectivity index (χ2v) is 9.10. The van der Waals surface area contributed by atoms with E-state index >= 15 is 0 Å². The molecular formula is C22H20BrN3O6S. The number of anilines is 1. The summed E-state index contributed by atoms with van der Waals surface area (Å²) in [5.74, 6) is -1.51. The molecule has 0 saturated carbocycles. The van der Waals surface area contributed by atoms with Gasteiger partial charge in [0.25, 0.3) is 16.0 Å². The summed E-state index contributed by atoms with van der Waals surface area (Å²) in [5, 5.41) is 19.7. The maximum Gasteiger partial charge on any atom is 0.336 e. The van der Waals surface area contributed by atoms with Gasteiger partial charge < -0.3 is 16.2 Å². The number of aromatic carboxylic acids is 1. The molecule has 0 aliphatic heterocycles. The lowest BCUT2D eigenvalue weighted by atomic mass is 9.95. The van der Waals surface area contributed by atoms with Gasteiger partial charge >= 0.3 is 5.97 Å². The van der Waals surface area contributed by atoms with Crippen LogP contribution in [0.4, 0.5) is 5.69 Å². The van der Waals surface area contributed by atoms with Gasteiger partial charge in [0.05, 0.1) is 11.8 Å². The molecule has 172 valence electrons. The average Bonchev–Trinajstić information content (AvgIpc) is 2.73. The number of amides is 1. The molecule has 0 unspecified atom stereocenters. The molecule has 0 spiro atoms. The first kappa shape index (κ1) is 25.7. The summed E-state index contributed by atoms with van der Waals surface area (Å²) in [6, 6.07) is 18.2. The number of amidine groups is 1. The number of nitrogen functional groups attached to an aromatic ring is 1. The second kappa shape index (κ2) is 10.9. The molecule has 3 rings (SSSR count). The monoisotopic (exact) mass is 533 g/mol. The van der Waals surface area contributed by atoms with Gasteiger partial charge in [-0.3, -0.25) is 14.8 Å². The quantitative estimate of drug-likeness (QED) is 0.188. The SMILES string of the molecule is CS(=O)(=O)O.N=C(N)c1ccc(NC(=O)c2cc(Br)ccc2-c2ccccc2C(=O)O)cc1. The third kappa shape index (κ3) is 7.83. The van der Waals surface area contributed by atoms with E-state index in [9.17, 15) is 23.1 Å². The molecule has 3 aromatic carbocycles. The number of carboxylic acids is 1. The zero-order valence-corrected chi connectivity index (χ0v) is 19.6. The van der Waals surface area contributed by atoms with Crippen molar-refractivity contribution in [3.63, 3.8) is 0 Å². The number of carbonyl (C=O) groups is 2. The molecule has 0 saturated heterocycles. The summed E-state index contributed by atoms with van der Waals surface area (Å²) in [5.41, 5.74) is 7.94. The second-order valence-electron chi connectivity index (χ2n) is 6.72. The zero-order chi connectivity index (χ0) is 24.8. The third-order valence-electron chi connectivity index (χ3n) is 4.13. The molecule has 9 nitrogen and oxygen atoms in total. The van der Waals surface area contributed by atoms with Crippen molar-refractivity contribution < 1.29 is 27.7 Å². The summed E-state index contributed by atoms with van der Waals surface area (Å²) >= 11 is 3.36. The number of halogens is 1. The lowest BCUT2D eigenvalue weighted by molar-refractivity contribution is 0.0697. The standard InChI is InChI=1S/C21H16BrN3O3.CH4O3S/c22-13-7-10-16(15-3-1-2-4-17(15)21(27)28)18(11-13)20(26)25-14-8-5-12(6-9-14)19(23)24;1-5(2,3)4/h1-11H,(H3,23,24)(H,25,26)(H,27,28);1H3,(H,2,3,4). The van der Waals surface area contributed by atoms with E-state index in [-0.39, 0.29) is 17.3 Å². The van der Waals surface area contributed by atoms with Crippen LogP contribution >= 0.6 is 15.9 Å². The van der Waals surface area contributed by atoms with E-state index in [1.54, 1.807) is 60.7 Å². The number of carbonyl (C=O) groups excluding carboxylic acids is 1. The number of hydrogen-bond donors (Lipinski definition) is 5. The van der Waals surface area contributed by atoms with Crippen LogP contribution < -0.4 is 11.1 Å². The number of benzene rings is 3. The minimum Gasteiger partial charge on any atom is -0.478 e. The Kier molecular flexibility index (Phi) is 8.46. The van der Waals surface area contributed by atoms with Crippen LogP contribution in [0.2, 0.25) is 0 Å². The van der Waals surface area contributed by atoms with Crippen molar-refractivity contribution in [1.29, 1.82) is 5.41 Å². The highest BCUT2D eigenvalue weighted by atomic mass is 79.9. The highest BCUT2D eigenvalue weighted by Gasteiger charge is 2.18. The average molecular weight is 534 g/mol. The zero-order valence-electron chi connectivity index (χ0n) is 17.2. The smallest absolute Gasteiger partial charge is 0.336 e. The minimum atomic E-state index is -3.67. The van der Waals surface area contributed by atoms with Crippen molar-refractivity contribution in [3.05, 3.63) is 87.9 Å². The summed E-state index contributed by atoms with van der Waals surface area (Å²) in [6.07, 6.45) is 0.715. The first-order valence-corrected chi connectivity index (χ1v) is 11.8. The molecule has 0 radical (unpaired) electrons.